The Labute approximate surface area is 215 Å². The van der Waals surface area contributed by atoms with Crippen molar-refractivity contribution in [3.8, 4) is 0 Å². The number of hydrogen-bond donors (Lipinski definition) is 2. The predicted molar refractivity (Wildman–Crippen MR) is 143 cm³/mol. The average molecular weight is 496 g/mol. The summed E-state index contributed by atoms with van der Waals surface area (Å²) in [5, 5.41) is 5.38. The summed E-state index contributed by atoms with van der Waals surface area (Å²) in [7, 11) is 0. The molecule has 1 aliphatic heterocycles. The molecule has 188 valence electrons. The van der Waals surface area contributed by atoms with Gasteiger partial charge in [0.05, 0.1) is 17.9 Å². The molecular weight excluding hydrogens is 466 g/mol. The van der Waals surface area contributed by atoms with Crippen molar-refractivity contribution in [1.29, 1.82) is 0 Å². The van der Waals surface area contributed by atoms with Gasteiger partial charge in [-0.05, 0) is 38.0 Å². The number of nitrogens with one attached hydrogen (secondary N) is 2. The molecule has 1 aromatic heterocycles. The second kappa shape index (κ2) is 10.7. The summed E-state index contributed by atoms with van der Waals surface area (Å²) in [5.74, 6) is -0.102. The summed E-state index contributed by atoms with van der Waals surface area (Å²) in [6, 6.07) is 21.6. The Balaban J connectivity index is 1.51. The zero-order valence-electron chi connectivity index (χ0n) is 20.7. The standard InChI is InChI=1S/C29H29N5O3/c1-19-10-9-17-25(30-19)31-29(37)33-27-28(36)34(18-24(35)20-11-5-6-12-20)23-16-8-7-15-22(23)26(32-27)21-13-3-2-4-14-21/h2-4,7-10,13-17,20,27H,5-6,11-12,18H2,1H3,(H2,30,31,33,37). The quantitative estimate of drug-likeness (QED) is 0.526. The number of urea groups is 1. The predicted octanol–water partition coefficient (Wildman–Crippen LogP) is 4.48. The van der Waals surface area contributed by atoms with Crippen LogP contribution in [0.5, 0.6) is 0 Å². The molecule has 0 radical (unpaired) electrons. The maximum absolute atomic E-state index is 13.9. The van der Waals surface area contributed by atoms with Gasteiger partial charge in [0.2, 0.25) is 6.17 Å². The molecule has 5 rings (SSSR count). The van der Waals surface area contributed by atoms with Crippen LogP contribution in [0.2, 0.25) is 0 Å². The van der Waals surface area contributed by atoms with E-state index in [1.54, 1.807) is 12.1 Å². The molecule has 1 atom stereocenters. The number of anilines is 2. The van der Waals surface area contributed by atoms with Crippen LogP contribution in [0, 0.1) is 12.8 Å². The van der Waals surface area contributed by atoms with Crippen LogP contribution in [-0.2, 0) is 9.59 Å². The molecule has 1 fully saturated rings. The highest BCUT2D eigenvalue weighted by molar-refractivity contribution is 6.21. The lowest BCUT2D eigenvalue weighted by atomic mass is 9.99. The number of aryl methyl sites for hydroxylation is 1. The van der Waals surface area contributed by atoms with Gasteiger partial charge in [-0.15, -0.1) is 0 Å². The van der Waals surface area contributed by atoms with Crippen LogP contribution >= 0.6 is 0 Å². The molecule has 8 nitrogen and oxygen atoms in total. The highest BCUT2D eigenvalue weighted by Gasteiger charge is 2.35. The first-order valence-corrected chi connectivity index (χ1v) is 12.6. The topological polar surface area (TPSA) is 104 Å². The zero-order valence-corrected chi connectivity index (χ0v) is 20.7. The summed E-state index contributed by atoms with van der Waals surface area (Å²) in [6.07, 6.45) is 2.52. The molecule has 0 saturated heterocycles. The summed E-state index contributed by atoms with van der Waals surface area (Å²) in [4.78, 5) is 50.5. The molecule has 1 saturated carbocycles. The van der Waals surface area contributed by atoms with E-state index in [4.69, 9.17) is 4.99 Å². The van der Waals surface area contributed by atoms with Crippen molar-refractivity contribution < 1.29 is 14.4 Å². The van der Waals surface area contributed by atoms with E-state index in [0.29, 0.717) is 17.2 Å². The number of benzene rings is 2. The summed E-state index contributed by atoms with van der Waals surface area (Å²) >= 11 is 0. The number of para-hydroxylation sites is 1. The van der Waals surface area contributed by atoms with Crippen LogP contribution in [0.15, 0.2) is 77.8 Å². The van der Waals surface area contributed by atoms with Crippen molar-refractivity contribution in [2.45, 2.75) is 38.8 Å². The highest BCUT2D eigenvalue weighted by Crippen LogP contribution is 2.30. The molecular formula is C29H29N5O3. The number of carbonyl (C=O) groups excluding carboxylic acids is 3. The van der Waals surface area contributed by atoms with Gasteiger partial charge < -0.3 is 10.2 Å². The number of Topliss-reactive ketones (excluding diaryl/α,β-unsaturated/α-hetero) is 1. The van der Waals surface area contributed by atoms with Gasteiger partial charge in [0.15, 0.2) is 5.78 Å². The second-order valence-corrected chi connectivity index (χ2v) is 9.40. The van der Waals surface area contributed by atoms with E-state index in [2.05, 4.69) is 15.6 Å². The molecule has 2 heterocycles. The summed E-state index contributed by atoms with van der Waals surface area (Å²) in [6.45, 7) is 1.77. The lowest BCUT2D eigenvalue weighted by Crippen LogP contribution is -2.50. The van der Waals surface area contributed by atoms with Gasteiger partial charge in [0, 0.05) is 22.7 Å². The van der Waals surface area contributed by atoms with E-state index in [1.807, 2.05) is 67.6 Å². The molecule has 0 bridgehead atoms. The van der Waals surface area contributed by atoms with Gasteiger partial charge in [-0.1, -0.05) is 67.4 Å². The number of pyridine rings is 1. The second-order valence-electron chi connectivity index (χ2n) is 9.40. The van der Waals surface area contributed by atoms with E-state index in [1.165, 1.54) is 4.90 Å². The fourth-order valence-electron chi connectivity index (χ4n) is 4.93. The lowest BCUT2D eigenvalue weighted by Gasteiger charge is -2.26. The van der Waals surface area contributed by atoms with E-state index in [0.717, 1.165) is 42.5 Å². The van der Waals surface area contributed by atoms with Crippen LogP contribution in [0.4, 0.5) is 16.3 Å². The van der Waals surface area contributed by atoms with Crippen molar-refractivity contribution in [3.05, 3.63) is 89.6 Å². The normalized spacial score (nSPS) is 17.5. The first-order valence-electron chi connectivity index (χ1n) is 12.6. The van der Waals surface area contributed by atoms with Crippen molar-refractivity contribution in [2.75, 3.05) is 16.8 Å². The Bertz CT molecular complexity index is 1350. The molecule has 2 N–H and O–H groups in total. The minimum Gasteiger partial charge on any atom is -0.308 e. The van der Waals surface area contributed by atoms with Gasteiger partial charge in [-0.3, -0.25) is 14.9 Å². The SMILES string of the molecule is Cc1cccc(NC(=O)NC2N=C(c3ccccc3)c3ccccc3N(CC(=O)C3CCCC3)C2=O)n1. The Morgan fingerprint density at radius 1 is 0.946 bits per heavy atom. The van der Waals surface area contributed by atoms with Gasteiger partial charge in [-0.25, -0.2) is 14.8 Å². The smallest absolute Gasteiger partial charge is 0.308 e. The third kappa shape index (κ3) is 5.43. The number of nitrogens with zero attached hydrogens (tertiary/aromatic N) is 3. The van der Waals surface area contributed by atoms with Crippen LogP contribution in [0.25, 0.3) is 0 Å². The van der Waals surface area contributed by atoms with Crippen LogP contribution < -0.4 is 15.5 Å². The average Bonchev–Trinajstić information content (AvgIpc) is 3.42. The van der Waals surface area contributed by atoms with Gasteiger partial charge in [0.25, 0.3) is 5.91 Å². The van der Waals surface area contributed by atoms with Gasteiger partial charge >= 0.3 is 6.03 Å². The van der Waals surface area contributed by atoms with Crippen LogP contribution in [0.1, 0.15) is 42.5 Å². The number of amides is 3. The van der Waals surface area contributed by atoms with E-state index in [9.17, 15) is 14.4 Å². The number of aliphatic imine (C=N–C) groups is 1. The molecule has 1 unspecified atom stereocenters. The maximum Gasteiger partial charge on any atom is 0.322 e. The van der Waals surface area contributed by atoms with Crippen molar-refractivity contribution in [3.63, 3.8) is 0 Å². The van der Waals surface area contributed by atoms with Gasteiger partial charge in [0.1, 0.15) is 5.82 Å². The number of benzodiazepines with no additional fused rings is 1. The molecule has 3 aromatic rings. The minimum absolute atomic E-state index is 0.0379. The monoisotopic (exact) mass is 495 g/mol. The number of ketones is 1. The number of fused-ring (bicyclic) bond motifs is 1. The molecule has 0 spiro atoms. The lowest BCUT2D eigenvalue weighted by molar-refractivity contribution is -0.125. The van der Waals surface area contributed by atoms with Crippen molar-refractivity contribution in [2.24, 2.45) is 10.9 Å². The molecule has 3 amide bonds. The fourth-order valence-corrected chi connectivity index (χ4v) is 4.93. The third-order valence-corrected chi connectivity index (χ3v) is 6.78. The number of hydrogen-bond acceptors (Lipinski definition) is 5. The Morgan fingerprint density at radius 3 is 2.43 bits per heavy atom. The van der Waals surface area contributed by atoms with Crippen LogP contribution in [0.3, 0.4) is 0 Å². The Hall–Kier alpha value is -4.33. The maximum atomic E-state index is 13.9. The number of carbonyl (C=O) groups is 3. The number of rotatable bonds is 6. The molecule has 8 heteroatoms. The number of aromatic nitrogens is 1. The van der Waals surface area contributed by atoms with E-state index >= 15 is 0 Å². The largest absolute Gasteiger partial charge is 0.322 e. The Morgan fingerprint density at radius 2 is 1.68 bits per heavy atom. The highest BCUT2D eigenvalue weighted by atomic mass is 16.2. The molecule has 37 heavy (non-hydrogen) atoms. The van der Waals surface area contributed by atoms with Crippen molar-refractivity contribution >= 4 is 34.9 Å². The molecule has 2 aliphatic rings. The van der Waals surface area contributed by atoms with E-state index in [-0.39, 0.29) is 18.2 Å². The molecule has 1 aliphatic carbocycles. The van der Waals surface area contributed by atoms with Gasteiger partial charge in [-0.2, -0.15) is 0 Å². The zero-order chi connectivity index (χ0) is 25.8. The Kier molecular flexibility index (Phi) is 7.07. The molecule has 2 aromatic carbocycles. The minimum atomic E-state index is -1.23. The summed E-state index contributed by atoms with van der Waals surface area (Å²) in [5.41, 5.74) is 3.45. The van der Waals surface area contributed by atoms with E-state index < -0.39 is 18.1 Å². The summed E-state index contributed by atoms with van der Waals surface area (Å²) < 4.78 is 0. The first-order chi connectivity index (χ1) is 18.0. The first kappa shape index (κ1) is 24.4. The third-order valence-electron chi connectivity index (χ3n) is 6.78. The fraction of sp³-hybridized carbons (Fsp3) is 0.276. The van der Waals surface area contributed by atoms with Crippen LogP contribution in [-0.4, -0.2) is 41.1 Å². The van der Waals surface area contributed by atoms with Crippen molar-refractivity contribution in [1.82, 2.24) is 10.3 Å².